The molecule has 2 N–H and O–H groups in total. The lowest BCUT2D eigenvalue weighted by Gasteiger charge is -2.20. The van der Waals surface area contributed by atoms with Crippen molar-refractivity contribution in [2.45, 2.75) is 39.7 Å². The van der Waals surface area contributed by atoms with Crippen LogP contribution in [0, 0.1) is 6.92 Å². The number of hydrogen-bond acceptors (Lipinski definition) is 5. The van der Waals surface area contributed by atoms with Crippen LogP contribution in [0.25, 0.3) is 11.7 Å². The maximum absolute atomic E-state index is 11.9. The molecule has 2 heterocycles. The highest BCUT2D eigenvalue weighted by Gasteiger charge is 2.16. The molecule has 0 spiro atoms. The van der Waals surface area contributed by atoms with Gasteiger partial charge >= 0.3 is 0 Å². The summed E-state index contributed by atoms with van der Waals surface area (Å²) in [6.07, 6.45) is 1.76. The van der Waals surface area contributed by atoms with Crippen LogP contribution in [0.2, 0.25) is 0 Å². The van der Waals surface area contributed by atoms with Crippen LogP contribution in [0.1, 0.15) is 32.2 Å². The Morgan fingerprint density at radius 1 is 1.32 bits per heavy atom. The maximum atomic E-state index is 11.9. The third kappa shape index (κ3) is 4.73. The number of amides is 1. The summed E-state index contributed by atoms with van der Waals surface area (Å²) in [5.74, 6) is 1.52. The van der Waals surface area contributed by atoms with Gasteiger partial charge in [-0.25, -0.2) is 4.98 Å². The molecule has 0 aliphatic heterocycles. The summed E-state index contributed by atoms with van der Waals surface area (Å²) >= 11 is 0. The van der Waals surface area contributed by atoms with Crippen LogP contribution < -0.4 is 10.6 Å². The topological polar surface area (TPSA) is 80.3 Å². The molecule has 2 aromatic rings. The SMILES string of the molecule is Cc1oc(-c2ccco2)nc1CC(=O)NCCNC(C)(C)C. The smallest absolute Gasteiger partial charge is 0.263 e. The van der Waals surface area contributed by atoms with Crippen molar-refractivity contribution in [3.05, 3.63) is 29.9 Å². The monoisotopic (exact) mass is 305 g/mol. The standard InChI is InChI=1S/C16H23N3O3/c1-11-12(19-15(22-11)13-6-5-9-21-13)10-14(20)17-7-8-18-16(2,3)4/h5-6,9,18H,7-8,10H2,1-4H3,(H,17,20). The fourth-order valence-electron chi connectivity index (χ4n) is 1.95. The first kappa shape index (κ1) is 16.3. The molecule has 0 aromatic carbocycles. The maximum Gasteiger partial charge on any atom is 0.263 e. The molecule has 2 rings (SSSR count). The third-order valence-electron chi connectivity index (χ3n) is 3.06. The van der Waals surface area contributed by atoms with Crippen molar-refractivity contribution in [2.75, 3.05) is 13.1 Å². The van der Waals surface area contributed by atoms with Gasteiger partial charge in [-0.2, -0.15) is 0 Å². The van der Waals surface area contributed by atoms with E-state index in [1.54, 1.807) is 25.3 Å². The molecule has 0 unspecified atom stereocenters. The van der Waals surface area contributed by atoms with Crippen molar-refractivity contribution in [3.8, 4) is 11.7 Å². The summed E-state index contributed by atoms with van der Waals surface area (Å²) in [7, 11) is 0. The van der Waals surface area contributed by atoms with Crippen LogP contribution in [-0.4, -0.2) is 29.5 Å². The Hall–Kier alpha value is -2.08. The Kier molecular flexibility index (Phi) is 5.03. The summed E-state index contributed by atoms with van der Waals surface area (Å²) in [5, 5.41) is 6.18. The van der Waals surface area contributed by atoms with Crippen molar-refractivity contribution < 1.29 is 13.6 Å². The van der Waals surface area contributed by atoms with Crippen molar-refractivity contribution in [1.29, 1.82) is 0 Å². The van der Waals surface area contributed by atoms with Crippen LogP contribution in [0.4, 0.5) is 0 Å². The fourth-order valence-corrected chi connectivity index (χ4v) is 1.95. The highest BCUT2D eigenvalue weighted by atomic mass is 16.4. The predicted octanol–water partition coefficient (Wildman–Crippen LogP) is 2.29. The fraction of sp³-hybridized carbons (Fsp3) is 0.500. The first-order valence-electron chi connectivity index (χ1n) is 7.37. The van der Waals surface area contributed by atoms with E-state index < -0.39 is 0 Å². The van der Waals surface area contributed by atoms with Gasteiger partial charge in [0, 0.05) is 18.6 Å². The van der Waals surface area contributed by atoms with E-state index in [4.69, 9.17) is 8.83 Å². The van der Waals surface area contributed by atoms with Gasteiger partial charge in [0.15, 0.2) is 5.76 Å². The van der Waals surface area contributed by atoms with Crippen LogP contribution in [0.3, 0.4) is 0 Å². The van der Waals surface area contributed by atoms with Gasteiger partial charge in [-0.3, -0.25) is 4.79 Å². The minimum atomic E-state index is -0.0712. The van der Waals surface area contributed by atoms with Gasteiger partial charge < -0.3 is 19.5 Å². The minimum absolute atomic E-state index is 0.0470. The lowest BCUT2D eigenvalue weighted by Crippen LogP contribution is -2.41. The zero-order valence-corrected chi connectivity index (χ0v) is 13.5. The Bertz CT molecular complexity index is 609. The van der Waals surface area contributed by atoms with Crippen molar-refractivity contribution in [1.82, 2.24) is 15.6 Å². The second-order valence-electron chi connectivity index (χ2n) is 6.20. The Morgan fingerprint density at radius 2 is 2.09 bits per heavy atom. The number of rotatable bonds is 6. The second-order valence-corrected chi connectivity index (χ2v) is 6.20. The molecule has 0 aliphatic carbocycles. The van der Waals surface area contributed by atoms with Crippen LogP contribution in [0.5, 0.6) is 0 Å². The van der Waals surface area contributed by atoms with E-state index in [0.717, 1.165) is 6.54 Å². The van der Waals surface area contributed by atoms with Crippen LogP contribution in [0.15, 0.2) is 27.2 Å². The van der Waals surface area contributed by atoms with Crippen molar-refractivity contribution in [3.63, 3.8) is 0 Å². The first-order valence-corrected chi connectivity index (χ1v) is 7.37. The number of carbonyl (C=O) groups excluding carboxylic acids is 1. The van der Waals surface area contributed by atoms with E-state index in [9.17, 15) is 4.79 Å². The van der Waals surface area contributed by atoms with E-state index in [1.165, 1.54) is 0 Å². The molecule has 6 heteroatoms. The molecule has 0 atom stereocenters. The molecule has 2 aromatic heterocycles. The molecule has 1 amide bonds. The lowest BCUT2D eigenvalue weighted by molar-refractivity contribution is -0.120. The summed E-state index contributed by atoms with van der Waals surface area (Å²) < 4.78 is 10.8. The normalized spacial score (nSPS) is 11.6. The van der Waals surface area contributed by atoms with E-state index in [1.807, 2.05) is 0 Å². The van der Waals surface area contributed by atoms with Gasteiger partial charge in [-0.05, 0) is 39.8 Å². The Balaban J connectivity index is 1.84. The van der Waals surface area contributed by atoms with E-state index in [2.05, 4.69) is 36.4 Å². The predicted molar refractivity (Wildman–Crippen MR) is 83.4 cm³/mol. The molecular weight excluding hydrogens is 282 g/mol. The number of hydrogen-bond donors (Lipinski definition) is 2. The van der Waals surface area contributed by atoms with Gasteiger partial charge in [0.25, 0.3) is 5.89 Å². The zero-order chi connectivity index (χ0) is 16.2. The van der Waals surface area contributed by atoms with Gasteiger partial charge in [0.1, 0.15) is 5.76 Å². The number of aromatic nitrogens is 1. The average Bonchev–Trinajstić information content (AvgIpc) is 3.04. The second kappa shape index (κ2) is 6.79. The molecular formula is C16H23N3O3. The van der Waals surface area contributed by atoms with Gasteiger partial charge in [-0.1, -0.05) is 0 Å². The Labute approximate surface area is 130 Å². The highest BCUT2D eigenvalue weighted by molar-refractivity contribution is 5.78. The summed E-state index contributed by atoms with van der Waals surface area (Å²) in [6.45, 7) is 9.36. The number of nitrogens with zero attached hydrogens (tertiary/aromatic N) is 1. The molecule has 6 nitrogen and oxygen atoms in total. The van der Waals surface area contributed by atoms with Gasteiger partial charge in [-0.15, -0.1) is 0 Å². The average molecular weight is 305 g/mol. The molecule has 0 bridgehead atoms. The quantitative estimate of drug-likeness (QED) is 0.800. The minimum Gasteiger partial charge on any atom is -0.459 e. The number of aryl methyl sites for hydroxylation is 1. The number of carbonyl (C=O) groups is 1. The molecule has 120 valence electrons. The van der Waals surface area contributed by atoms with E-state index >= 15 is 0 Å². The van der Waals surface area contributed by atoms with Gasteiger partial charge in [0.2, 0.25) is 5.91 Å². The highest BCUT2D eigenvalue weighted by Crippen LogP contribution is 2.22. The van der Waals surface area contributed by atoms with Gasteiger partial charge in [0.05, 0.1) is 18.4 Å². The molecule has 0 fully saturated rings. The van der Waals surface area contributed by atoms with Crippen LogP contribution >= 0.6 is 0 Å². The summed E-state index contributed by atoms with van der Waals surface area (Å²) in [5.41, 5.74) is 0.679. The van der Waals surface area contributed by atoms with Crippen LogP contribution in [-0.2, 0) is 11.2 Å². The van der Waals surface area contributed by atoms with Crippen molar-refractivity contribution in [2.24, 2.45) is 0 Å². The summed E-state index contributed by atoms with van der Waals surface area (Å²) in [6, 6.07) is 3.54. The van der Waals surface area contributed by atoms with E-state index in [-0.39, 0.29) is 17.9 Å². The molecule has 0 saturated heterocycles. The van der Waals surface area contributed by atoms with E-state index in [0.29, 0.717) is 29.6 Å². The number of furan rings is 1. The first-order chi connectivity index (χ1) is 10.3. The number of oxazole rings is 1. The molecule has 0 radical (unpaired) electrons. The largest absolute Gasteiger partial charge is 0.459 e. The molecule has 0 aliphatic rings. The molecule has 22 heavy (non-hydrogen) atoms. The Morgan fingerprint density at radius 3 is 2.73 bits per heavy atom. The third-order valence-corrected chi connectivity index (χ3v) is 3.06. The summed E-state index contributed by atoms with van der Waals surface area (Å²) in [4.78, 5) is 16.3. The molecule has 0 saturated carbocycles. The van der Waals surface area contributed by atoms with Crippen molar-refractivity contribution >= 4 is 5.91 Å². The number of nitrogens with one attached hydrogen (secondary N) is 2. The zero-order valence-electron chi connectivity index (χ0n) is 13.5. The lowest BCUT2D eigenvalue weighted by atomic mass is 10.1.